The maximum Gasteiger partial charge on any atom is 0.191 e. The van der Waals surface area contributed by atoms with E-state index in [0.29, 0.717) is 5.15 Å². The molecule has 0 saturated carbocycles. The van der Waals surface area contributed by atoms with Gasteiger partial charge in [-0.05, 0) is 37.9 Å². The zero-order valence-electron chi connectivity index (χ0n) is 16.8. The monoisotopic (exact) mass is 394 g/mol. The summed E-state index contributed by atoms with van der Waals surface area (Å²) in [6, 6.07) is 2.18. The third-order valence-corrected chi connectivity index (χ3v) is 10.7. The minimum atomic E-state index is -1.71. The van der Waals surface area contributed by atoms with Gasteiger partial charge in [-0.15, -0.1) is 0 Å². The van der Waals surface area contributed by atoms with Gasteiger partial charge >= 0.3 is 0 Å². The summed E-state index contributed by atoms with van der Waals surface area (Å²) in [6.45, 7) is 16.5. The summed E-state index contributed by atoms with van der Waals surface area (Å²) >= 11 is 6.16. The second-order valence-corrected chi connectivity index (χ2v) is 14.1. The Labute approximate surface area is 162 Å². The van der Waals surface area contributed by atoms with Gasteiger partial charge in [-0.25, -0.2) is 4.98 Å². The first-order valence-corrected chi connectivity index (χ1v) is 12.8. The lowest BCUT2D eigenvalue weighted by Gasteiger charge is -2.36. The summed E-state index contributed by atoms with van der Waals surface area (Å²) in [6.07, 6.45) is 4.02. The van der Waals surface area contributed by atoms with E-state index in [1.807, 2.05) is 12.3 Å². The van der Waals surface area contributed by atoms with Crippen LogP contribution in [0.15, 0.2) is 12.3 Å². The molecule has 1 atom stereocenters. The smallest absolute Gasteiger partial charge is 0.191 e. The Balaban J connectivity index is 1.78. The topological polar surface area (TPSA) is 43.2 Å². The van der Waals surface area contributed by atoms with Crippen molar-refractivity contribution in [3.63, 3.8) is 0 Å². The minimum Gasteiger partial charge on any atom is -0.417 e. The van der Waals surface area contributed by atoms with Gasteiger partial charge in [0.05, 0.1) is 16.9 Å². The third-order valence-electron chi connectivity index (χ3n) is 5.92. The Morgan fingerprint density at radius 3 is 2.58 bits per heavy atom. The van der Waals surface area contributed by atoms with Gasteiger partial charge in [0.1, 0.15) is 5.15 Å². The molecule has 26 heavy (non-hydrogen) atoms. The molecule has 1 aliphatic rings. The summed E-state index contributed by atoms with van der Waals surface area (Å²) in [5.41, 5.74) is 1.06. The molecule has 2 aromatic heterocycles. The Morgan fingerprint density at radius 1 is 1.31 bits per heavy atom. The fourth-order valence-corrected chi connectivity index (χ4v) is 4.13. The van der Waals surface area contributed by atoms with E-state index in [-0.39, 0.29) is 11.1 Å². The van der Waals surface area contributed by atoms with Crippen molar-refractivity contribution in [2.24, 2.45) is 0 Å². The van der Waals surface area contributed by atoms with E-state index < -0.39 is 8.32 Å². The first kappa shape index (κ1) is 19.6. The predicted octanol–water partition coefficient (Wildman–Crippen LogP) is 5.27. The van der Waals surface area contributed by atoms with E-state index >= 15 is 0 Å². The Hall–Kier alpha value is -1.11. The van der Waals surface area contributed by atoms with Gasteiger partial charge in [0.2, 0.25) is 0 Å². The lowest BCUT2D eigenvalue weighted by Crippen LogP contribution is -2.41. The highest BCUT2D eigenvalue weighted by molar-refractivity contribution is 6.74. The fourth-order valence-electron chi connectivity index (χ4n) is 2.91. The predicted molar refractivity (Wildman–Crippen MR) is 112 cm³/mol. The van der Waals surface area contributed by atoms with Crippen molar-refractivity contribution in [1.29, 1.82) is 0 Å². The van der Waals surface area contributed by atoms with E-state index in [1.54, 1.807) is 0 Å². The lowest BCUT2D eigenvalue weighted by atomic mass is 10.2. The first-order valence-electron chi connectivity index (χ1n) is 9.53. The molecule has 3 heterocycles. The highest BCUT2D eigenvalue weighted by Gasteiger charge is 2.37. The number of nitrogens with zero attached hydrogens (tertiary/aromatic N) is 4. The lowest BCUT2D eigenvalue weighted by molar-refractivity contribution is 0.257. The van der Waals surface area contributed by atoms with Crippen molar-refractivity contribution in [3.05, 3.63) is 17.4 Å². The largest absolute Gasteiger partial charge is 0.417 e. The molecule has 3 rings (SSSR count). The number of hydrogen-bond donors (Lipinski definition) is 0. The zero-order chi connectivity index (χ0) is 19.1. The van der Waals surface area contributed by atoms with Crippen LogP contribution in [0.25, 0.3) is 10.9 Å². The molecule has 1 fully saturated rings. The number of fused-ring (bicyclic) bond motifs is 1. The van der Waals surface area contributed by atoms with Crippen molar-refractivity contribution in [3.8, 4) is 0 Å². The van der Waals surface area contributed by atoms with Crippen molar-refractivity contribution < 1.29 is 4.43 Å². The third kappa shape index (κ3) is 3.78. The van der Waals surface area contributed by atoms with Crippen LogP contribution in [0.3, 0.4) is 0 Å². The van der Waals surface area contributed by atoms with E-state index in [4.69, 9.17) is 21.1 Å². The molecular weight excluding hydrogens is 364 g/mol. The normalized spacial score (nSPS) is 16.8. The van der Waals surface area contributed by atoms with Crippen LogP contribution in [-0.4, -0.2) is 42.8 Å². The van der Waals surface area contributed by atoms with Crippen molar-refractivity contribution in [2.45, 2.75) is 64.7 Å². The van der Waals surface area contributed by atoms with Crippen LogP contribution in [0.2, 0.25) is 23.3 Å². The summed E-state index contributed by atoms with van der Waals surface area (Å²) in [4.78, 5) is 6.58. The molecular formula is C19H31ClN4OSi. The number of halogens is 1. The molecule has 5 nitrogen and oxygen atoms in total. The molecule has 2 aromatic rings. The highest BCUT2D eigenvalue weighted by Crippen LogP contribution is 2.37. The maximum absolute atomic E-state index is 6.36. The molecule has 0 aliphatic carbocycles. The average molecular weight is 395 g/mol. The Kier molecular flexibility index (Phi) is 5.39. The van der Waals surface area contributed by atoms with Crippen molar-refractivity contribution in [2.75, 3.05) is 24.6 Å². The number of rotatable bonds is 6. The minimum absolute atomic E-state index is 0.235. The number of anilines is 1. The SMILES string of the molecule is CC(CCO[Si](C)(C)C(C)(C)C)n1nc(N2CCC2)c2cnc(Cl)cc21. The van der Waals surface area contributed by atoms with Gasteiger partial charge in [-0.2, -0.15) is 5.10 Å². The van der Waals surface area contributed by atoms with Crippen LogP contribution < -0.4 is 4.90 Å². The fraction of sp³-hybridized carbons (Fsp3) is 0.684. The zero-order valence-corrected chi connectivity index (χ0v) is 18.6. The standard InChI is InChI=1S/C19H31ClN4OSi/c1-14(8-11-25-26(5,6)19(2,3)4)24-16-12-17(20)21-13-15(16)18(22-24)23-9-7-10-23/h12-14H,7-11H2,1-6H3. The molecule has 1 saturated heterocycles. The molecule has 0 bridgehead atoms. The van der Waals surface area contributed by atoms with Crippen LogP contribution in [0.5, 0.6) is 0 Å². The highest BCUT2D eigenvalue weighted by atomic mass is 35.5. The van der Waals surface area contributed by atoms with Gasteiger partial charge in [0.15, 0.2) is 14.1 Å². The van der Waals surface area contributed by atoms with Gasteiger partial charge in [-0.3, -0.25) is 4.68 Å². The molecule has 0 radical (unpaired) electrons. The van der Waals surface area contributed by atoms with Crippen molar-refractivity contribution >= 4 is 36.6 Å². The summed E-state index contributed by atoms with van der Waals surface area (Å²) in [5.74, 6) is 1.03. The molecule has 1 unspecified atom stereocenters. The number of aromatic nitrogens is 3. The second kappa shape index (κ2) is 7.13. The molecule has 144 valence electrons. The van der Waals surface area contributed by atoms with E-state index in [1.165, 1.54) is 6.42 Å². The molecule has 0 N–H and O–H groups in total. The van der Waals surface area contributed by atoms with Crippen LogP contribution in [0.4, 0.5) is 5.82 Å². The summed E-state index contributed by atoms with van der Waals surface area (Å²) in [5, 5.41) is 6.75. The van der Waals surface area contributed by atoms with Crippen LogP contribution in [0.1, 0.15) is 46.6 Å². The molecule has 1 aliphatic heterocycles. The number of pyridine rings is 1. The summed E-state index contributed by atoms with van der Waals surface area (Å²) < 4.78 is 8.46. The average Bonchev–Trinajstić information content (AvgIpc) is 2.82. The summed E-state index contributed by atoms with van der Waals surface area (Å²) in [7, 11) is -1.71. The van der Waals surface area contributed by atoms with E-state index in [0.717, 1.165) is 42.8 Å². The van der Waals surface area contributed by atoms with Crippen LogP contribution in [-0.2, 0) is 4.43 Å². The molecule has 0 spiro atoms. The van der Waals surface area contributed by atoms with Crippen molar-refractivity contribution in [1.82, 2.24) is 14.8 Å². The molecule has 7 heteroatoms. The Bertz CT molecular complexity index is 780. The maximum atomic E-state index is 6.36. The molecule has 0 amide bonds. The van der Waals surface area contributed by atoms with E-state index in [9.17, 15) is 0 Å². The second-order valence-electron chi connectivity index (χ2n) is 8.88. The van der Waals surface area contributed by atoms with Crippen LogP contribution in [0, 0.1) is 0 Å². The van der Waals surface area contributed by atoms with Gasteiger partial charge in [0, 0.05) is 32.0 Å². The Morgan fingerprint density at radius 2 is 2.00 bits per heavy atom. The van der Waals surface area contributed by atoms with Crippen LogP contribution >= 0.6 is 11.6 Å². The van der Waals surface area contributed by atoms with Gasteiger partial charge < -0.3 is 9.33 Å². The number of hydrogen-bond acceptors (Lipinski definition) is 4. The quantitative estimate of drug-likeness (QED) is 0.494. The van der Waals surface area contributed by atoms with E-state index in [2.05, 4.69) is 55.4 Å². The van der Waals surface area contributed by atoms with Gasteiger partial charge in [-0.1, -0.05) is 32.4 Å². The molecule has 0 aromatic carbocycles. The van der Waals surface area contributed by atoms with Gasteiger partial charge in [0.25, 0.3) is 0 Å². The first-order chi connectivity index (χ1) is 12.1.